The number of hydrogen-bond acceptors (Lipinski definition) is 3. The van der Waals surface area contributed by atoms with Gasteiger partial charge in [-0.15, -0.1) is 5.17 Å². The Morgan fingerprint density at radius 3 is 2.00 bits per heavy atom. The number of nitrogens with zero attached hydrogens (tertiary/aromatic N) is 1. The minimum absolute atomic E-state index is 0.380. The molecule has 0 saturated carbocycles. The van der Waals surface area contributed by atoms with E-state index < -0.39 is 0 Å². The van der Waals surface area contributed by atoms with Crippen LogP contribution in [0.3, 0.4) is 0 Å². The molecule has 0 rings (SSSR count). The molecule has 0 heterocycles. The predicted molar refractivity (Wildman–Crippen MR) is 33.0 cm³/mol. The lowest BCUT2D eigenvalue weighted by molar-refractivity contribution is -0.187. The van der Waals surface area contributed by atoms with Crippen LogP contribution >= 0.6 is 0 Å². The molecular formula is C5H14N2O. The average Bonchev–Trinajstić information content (AvgIpc) is 1.69. The summed E-state index contributed by atoms with van der Waals surface area (Å²) in [5.74, 6) is 0. The van der Waals surface area contributed by atoms with E-state index in [2.05, 4.69) is 5.43 Å². The van der Waals surface area contributed by atoms with Crippen LogP contribution in [0.2, 0.25) is 0 Å². The van der Waals surface area contributed by atoms with Gasteiger partial charge >= 0.3 is 0 Å². The van der Waals surface area contributed by atoms with Crippen molar-refractivity contribution in [3.05, 3.63) is 0 Å². The van der Waals surface area contributed by atoms with Gasteiger partial charge in [-0.2, -0.15) is 0 Å². The van der Waals surface area contributed by atoms with Crippen LogP contribution in [0.4, 0.5) is 0 Å². The lowest BCUT2D eigenvalue weighted by Gasteiger charge is -2.21. The van der Waals surface area contributed by atoms with Gasteiger partial charge in [-0.1, -0.05) is 0 Å². The molecule has 0 radical (unpaired) electrons. The van der Waals surface area contributed by atoms with E-state index in [4.69, 9.17) is 4.84 Å². The number of hydrazine groups is 1. The fourth-order valence-corrected chi connectivity index (χ4v) is 0.560. The molecule has 0 aliphatic heterocycles. The number of rotatable bonds is 3. The van der Waals surface area contributed by atoms with Gasteiger partial charge in [0.2, 0.25) is 0 Å². The maximum Gasteiger partial charge on any atom is 0.0591 e. The number of hydrogen-bond donors (Lipinski definition) is 1. The fourth-order valence-electron chi connectivity index (χ4n) is 0.560. The van der Waals surface area contributed by atoms with Gasteiger partial charge in [-0.3, -0.25) is 4.84 Å². The number of hydroxylamine groups is 1. The zero-order valence-corrected chi connectivity index (χ0v) is 5.93. The van der Waals surface area contributed by atoms with E-state index in [1.165, 1.54) is 0 Å². The van der Waals surface area contributed by atoms with Crippen LogP contribution in [0.1, 0.15) is 13.8 Å². The van der Waals surface area contributed by atoms with Crippen LogP contribution < -0.4 is 5.43 Å². The Morgan fingerprint density at radius 2 is 2.00 bits per heavy atom. The second kappa shape index (κ2) is 3.83. The lowest BCUT2D eigenvalue weighted by atomic mass is 10.4. The summed E-state index contributed by atoms with van der Waals surface area (Å²) >= 11 is 0. The summed E-state index contributed by atoms with van der Waals surface area (Å²) in [4.78, 5) is 4.88. The van der Waals surface area contributed by atoms with Gasteiger partial charge in [0, 0.05) is 13.1 Å². The molecule has 0 atom stereocenters. The van der Waals surface area contributed by atoms with Crippen LogP contribution in [0.15, 0.2) is 0 Å². The molecule has 3 heteroatoms. The van der Waals surface area contributed by atoms with E-state index in [0.717, 1.165) is 0 Å². The molecule has 8 heavy (non-hydrogen) atoms. The summed E-state index contributed by atoms with van der Waals surface area (Å²) in [6.07, 6.45) is 0. The van der Waals surface area contributed by atoms with Crippen LogP contribution in [0.5, 0.6) is 0 Å². The molecule has 0 saturated heterocycles. The van der Waals surface area contributed by atoms with Crippen LogP contribution in [0.25, 0.3) is 0 Å². The molecule has 0 aromatic rings. The van der Waals surface area contributed by atoms with Gasteiger partial charge < -0.3 is 0 Å². The Kier molecular flexibility index (Phi) is 3.77. The van der Waals surface area contributed by atoms with Crippen molar-refractivity contribution < 1.29 is 4.84 Å². The summed E-state index contributed by atoms with van der Waals surface area (Å²) in [7, 11) is 3.46. The Labute approximate surface area is 50.5 Å². The first-order valence-electron chi connectivity index (χ1n) is 2.73. The van der Waals surface area contributed by atoms with Crippen LogP contribution in [-0.2, 0) is 4.84 Å². The monoisotopic (exact) mass is 118 g/mol. The molecule has 3 nitrogen and oxygen atoms in total. The van der Waals surface area contributed by atoms with E-state index in [9.17, 15) is 0 Å². The maximum atomic E-state index is 4.88. The van der Waals surface area contributed by atoms with E-state index >= 15 is 0 Å². The molecule has 1 N–H and O–H groups in total. The molecule has 0 unspecified atom stereocenters. The molecule has 0 aliphatic rings. The quantitative estimate of drug-likeness (QED) is 0.543. The Morgan fingerprint density at radius 1 is 1.50 bits per heavy atom. The van der Waals surface area contributed by atoms with Crippen molar-refractivity contribution >= 4 is 0 Å². The zero-order chi connectivity index (χ0) is 6.57. The van der Waals surface area contributed by atoms with Crippen molar-refractivity contribution in [2.45, 2.75) is 19.9 Å². The molecular weight excluding hydrogens is 104 g/mol. The van der Waals surface area contributed by atoms with Crippen LogP contribution in [0, 0.1) is 0 Å². The maximum absolute atomic E-state index is 4.88. The summed E-state index contributed by atoms with van der Waals surface area (Å²) in [5.41, 5.74) is 2.86. The van der Waals surface area contributed by atoms with Gasteiger partial charge in [-0.25, -0.2) is 5.43 Å². The summed E-state index contributed by atoms with van der Waals surface area (Å²) in [6.45, 7) is 4.08. The smallest absolute Gasteiger partial charge is 0.0591 e. The number of nitrogens with one attached hydrogen (secondary N) is 1. The summed E-state index contributed by atoms with van der Waals surface area (Å²) in [6, 6.07) is 0.380. The molecule has 0 amide bonds. The van der Waals surface area contributed by atoms with Crippen molar-refractivity contribution in [3.63, 3.8) is 0 Å². The van der Waals surface area contributed by atoms with Gasteiger partial charge in [0.1, 0.15) is 0 Å². The molecule has 0 fully saturated rings. The highest BCUT2D eigenvalue weighted by Gasteiger charge is 2.02. The predicted octanol–water partition coefficient (Wildman–Crippen LogP) is 0.393. The fraction of sp³-hybridized carbons (Fsp3) is 1.00. The molecule has 0 aromatic carbocycles. The molecule has 0 spiro atoms. The topological polar surface area (TPSA) is 24.5 Å². The Bertz CT molecular complexity index is 52.4. The second-order valence-electron chi connectivity index (χ2n) is 1.83. The molecule has 0 aromatic heterocycles. The highest BCUT2D eigenvalue weighted by atomic mass is 16.7. The molecule has 50 valence electrons. The van der Waals surface area contributed by atoms with Crippen molar-refractivity contribution in [3.8, 4) is 0 Å². The highest BCUT2D eigenvalue weighted by Crippen LogP contribution is 1.89. The van der Waals surface area contributed by atoms with Gasteiger partial charge in [-0.05, 0) is 13.8 Å². The van der Waals surface area contributed by atoms with Gasteiger partial charge in [0.15, 0.2) is 0 Å². The molecule has 0 aliphatic carbocycles. The summed E-state index contributed by atoms with van der Waals surface area (Å²) in [5, 5.41) is 1.67. The van der Waals surface area contributed by atoms with E-state index in [1.54, 1.807) is 12.3 Å². The summed E-state index contributed by atoms with van der Waals surface area (Å²) < 4.78 is 0. The average molecular weight is 118 g/mol. The SMILES string of the molecule is CNN(OC)C(C)C. The first kappa shape index (κ1) is 7.88. The highest BCUT2D eigenvalue weighted by molar-refractivity contribution is 4.41. The third-order valence-corrected chi connectivity index (χ3v) is 0.886. The Balaban J connectivity index is 3.35. The first-order valence-corrected chi connectivity index (χ1v) is 2.73. The van der Waals surface area contributed by atoms with Crippen molar-refractivity contribution in [2.24, 2.45) is 0 Å². The minimum Gasteiger partial charge on any atom is -0.287 e. The largest absolute Gasteiger partial charge is 0.287 e. The second-order valence-corrected chi connectivity index (χ2v) is 1.83. The Hall–Kier alpha value is -0.120. The van der Waals surface area contributed by atoms with Crippen molar-refractivity contribution in [1.29, 1.82) is 0 Å². The van der Waals surface area contributed by atoms with Crippen LogP contribution in [-0.4, -0.2) is 25.4 Å². The minimum atomic E-state index is 0.380. The first-order chi connectivity index (χ1) is 3.72. The normalized spacial score (nSPS) is 11.2. The van der Waals surface area contributed by atoms with Crippen molar-refractivity contribution in [2.75, 3.05) is 14.2 Å². The third-order valence-electron chi connectivity index (χ3n) is 0.886. The van der Waals surface area contributed by atoms with E-state index in [-0.39, 0.29) is 0 Å². The van der Waals surface area contributed by atoms with Crippen molar-refractivity contribution in [1.82, 2.24) is 10.6 Å². The third kappa shape index (κ3) is 2.26. The van der Waals surface area contributed by atoms with Gasteiger partial charge in [0.05, 0.1) is 7.11 Å². The molecule has 0 bridgehead atoms. The van der Waals surface area contributed by atoms with E-state index in [0.29, 0.717) is 6.04 Å². The standard InChI is InChI=1S/C5H14N2O/c1-5(2)7(6-3)8-4/h5-6H,1-4H3. The van der Waals surface area contributed by atoms with Gasteiger partial charge in [0.25, 0.3) is 0 Å². The zero-order valence-electron chi connectivity index (χ0n) is 5.93. The lowest BCUT2D eigenvalue weighted by Crippen LogP contribution is -2.39. The van der Waals surface area contributed by atoms with E-state index in [1.807, 2.05) is 20.9 Å².